The highest BCUT2D eigenvalue weighted by Crippen LogP contribution is 2.48. The number of para-hydroxylation sites is 7. The van der Waals surface area contributed by atoms with E-state index in [1.807, 2.05) is 60.7 Å². The van der Waals surface area contributed by atoms with E-state index in [0.717, 1.165) is 134 Å². The van der Waals surface area contributed by atoms with Crippen LogP contribution in [0.15, 0.2) is 352 Å². The summed E-state index contributed by atoms with van der Waals surface area (Å²) in [5, 5.41) is 4.63. The van der Waals surface area contributed by atoms with Crippen LogP contribution in [0.1, 0.15) is 0 Å². The molecule has 9 nitrogen and oxygen atoms in total. The van der Waals surface area contributed by atoms with Crippen LogP contribution in [0.25, 0.3) is 134 Å². The van der Waals surface area contributed by atoms with Gasteiger partial charge in [0.05, 0.1) is 39.1 Å². The molecule has 6 heterocycles. The van der Waals surface area contributed by atoms with Crippen molar-refractivity contribution in [3.05, 3.63) is 352 Å². The third kappa shape index (κ3) is 9.59. The van der Waals surface area contributed by atoms with E-state index in [1.165, 1.54) is 27.2 Å². The predicted molar refractivity (Wildman–Crippen MR) is 416 cm³/mol. The second kappa shape index (κ2) is 23.6. The van der Waals surface area contributed by atoms with E-state index in [-0.39, 0.29) is 6.71 Å². The van der Waals surface area contributed by atoms with Gasteiger partial charge >= 0.3 is 0 Å². The molecule has 0 saturated heterocycles. The van der Waals surface area contributed by atoms with Gasteiger partial charge in [0.25, 0.3) is 6.71 Å². The first kappa shape index (κ1) is 57.7. The van der Waals surface area contributed by atoms with Gasteiger partial charge in [0.15, 0.2) is 23.3 Å². The molecule has 0 saturated carbocycles. The third-order valence-electron chi connectivity index (χ3n) is 20.1. The summed E-state index contributed by atoms with van der Waals surface area (Å²) in [7, 11) is 0. The van der Waals surface area contributed by atoms with Gasteiger partial charge in [0.2, 0.25) is 0 Å². The summed E-state index contributed by atoms with van der Waals surface area (Å²) < 4.78 is 4.81. The zero-order valence-corrected chi connectivity index (χ0v) is 54.6. The number of nitrogens with zero attached hydrogens (tertiary/aromatic N) is 9. The molecular formula is C91H58BN9. The molecule has 0 amide bonds. The maximum absolute atomic E-state index is 5.84. The molecule has 0 unspecified atom stereocenters. The Hall–Kier alpha value is -13.6. The normalized spacial score (nSPS) is 12.3. The largest absolute Gasteiger partial charge is 0.311 e. The Bertz CT molecular complexity index is 6110. The molecule has 10 heteroatoms. The Balaban J connectivity index is 0.832. The summed E-state index contributed by atoms with van der Waals surface area (Å²) in [5.74, 6) is 2.20. The van der Waals surface area contributed by atoms with Crippen molar-refractivity contribution >= 4 is 101 Å². The van der Waals surface area contributed by atoms with Crippen LogP contribution in [0.4, 0.5) is 34.1 Å². The Morgan fingerprint density at radius 3 is 1.22 bits per heavy atom. The van der Waals surface area contributed by atoms with Crippen LogP contribution in [-0.4, -0.2) is 40.8 Å². The molecule has 470 valence electrons. The minimum Gasteiger partial charge on any atom is -0.311 e. The predicted octanol–water partition coefficient (Wildman–Crippen LogP) is 20.6. The van der Waals surface area contributed by atoms with Gasteiger partial charge in [-0.2, -0.15) is 0 Å². The highest BCUT2D eigenvalue weighted by Gasteiger charge is 2.43. The summed E-state index contributed by atoms with van der Waals surface area (Å²) in [4.78, 5) is 32.3. The minimum absolute atomic E-state index is 0.0154. The fourth-order valence-corrected chi connectivity index (χ4v) is 15.6. The Morgan fingerprint density at radius 2 is 0.653 bits per heavy atom. The number of benzene rings is 14. The van der Waals surface area contributed by atoms with Crippen molar-refractivity contribution in [3.63, 3.8) is 0 Å². The Kier molecular flexibility index (Phi) is 13.5. The second-order valence-electron chi connectivity index (χ2n) is 25.9. The molecule has 18 aromatic rings. The summed E-state index contributed by atoms with van der Waals surface area (Å²) in [6, 6.07) is 126. The molecule has 2 aliphatic heterocycles. The van der Waals surface area contributed by atoms with E-state index in [9.17, 15) is 0 Å². The summed E-state index contributed by atoms with van der Waals surface area (Å²) in [6.45, 7) is -0.0154. The quantitative estimate of drug-likeness (QED) is 0.119. The Morgan fingerprint density at radius 1 is 0.218 bits per heavy atom. The lowest BCUT2D eigenvalue weighted by Crippen LogP contribution is -2.61. The fourth-order valence-electron chi connectivity index (χ4n) is 15.6. The van der Waals surface area contributed by atoms with Crippen LogP contribution in [0.3, 0.4) is 0 Å². The fraction of sp³-hybridized carbons (Fsp3) is 0. The monoisotopic (exact) mass is 1290 g/mol. The van der Waals surface area contributed by atoms with Crippen LogP contribution in [0.2, 0.25) is 0 Å². The van der Waals surface area contributed by atoms with Crippen molar-refractivity contribution in [2.75, 3.05) is 9.80 Å². The first-order valence-corrected chi connectivity index (χ1v) is 34.3. The van der Waals surface area contributed by atoms with Gasteiger partial charge in [0.1, 0.15) is 0 Å². The topological polar surface area (TPSA) is 80.8 Å². The van der Waals surface area contributed by atoms with Crippen LogP contribution in [0.5, 0.6) is 0 Å². The smallest absolute Gasteiger partial charge is 0.252 e. The van der Waals surface area contributed by atoms with Crippen LogP contribution in [-0.2, 0) is 0 Å². The van der Waals surface area contributed by atoms with Gasteiger partial charge < -0.3 is 18.9 Å². The van der Waals surface area contributed by atoms with Crippen molar-refractivity contribution in [2.45, 2.75) is 0 Å². The standard InChI is InChI=1S/C91H58BN9/c1-7-28-59(29-8-1)76-57-77(63-35-27-34-62(52-63)65-54-85-87-86(55-65)100(68-40-17-6-18-41-68)82-49-26-22-45-75(82)92(87)74-44-21-25-48-81(74)99(85)67-38-15-5-16-39-67)94-91(93-76)73-53-64(90-96-88(60-30-9-2-10-31-60)95-89(97-90)61-32-11-3-12-33-61)50-51-80(73)101-79-47-24-20-43-70(79)72-56-71-69-42-19-23-46-78(69)98(83(71)58-84(72)101)66-36-13-4-14-37-66/h1-58H. The molecule has 20 rings (SSSR count). The number of fused-ring (bicyclic) bond motifs is 10. The summed E-state index contributed by atoms with van der Waals surface area (Å²) in [6.07, 6.45) is 0. The van der Waals surface area contributed by atoms with Gasteiger partial charge in [0, 0.05) is 94.7 Å². The van der Waals surface area contributed by atoms with Gasteiger partial charge in [-0.25, -0.2) is 24.9 Å². The van der Waals surface area contributed by atoms with Gasteiger partial charge in [-0.3, -0.25) is 0 Å². The number of rotatable bonds is 11. The van der Waals surface area contributed by atoms with Crippen molar-refractivity contribution in [3.8, 4) is 90.6 Å². The highest BCUT2D eigenvalue weighted by atomic mass is 15.2. The summed E-state index contributed by atoms with van der Waals surface area (Å²) >= 11 is 0. The average Bonchev–Trinajstić information content (AvgIpc) is 1.61. The van der Waals surface area contributed by atoms with E-state index in [1.54, 1.807) is 0 Å². The lowest BCUT2D eigenvalue weighted by atomic mass is 9.33. The van der Waals surface area contributed by atoms with Crippen molar-refractivity contribution in [1.29, 1.82) is 0 Å². The molecule has 0 spiro atoms. The number of anilines is 6. The average molecular weight is 1290 g/mol. The zero-order chi connectivity index (χ0) is 66.5. The molecule has 0 fully saturated rings. The van der Waals surface area contributed by atoms with E-state index in [0.29, 0.717) is 23.3 Å². The third-order valence-corrected chi connectivity index (χ3v) is 20.1. The first-order valence-electron chi connectivity index (χ1n) is 34.3. The van der Waals surface area contributed by atoms with Crippen LogP contribution >= 0.6 is 0 Å². The molecule has 14 aromatic carbocycles. The molecule has 0 radical (unpaired) electrons. The van der Waals surface area contributed by atoms with E-state index in [2.05, 4.69) is 310 Å². The maximum Gasteiger partial charge on any atom is 0.252 e. The lowest BCUT2D eigenvalue weighted by Gasteiger charge is -2.44. The maximum atomic E-state index is 5.84. The van der Waals surface area contributed by atoms with Gasteiger partial charge in [-0.05, 0) is 143 Å². The highest BCUT2D eigenvalue weighted by molar-refractivity contribution is 7.00. The van der Waals surface area contributed by atoms with Gasteiger partial charge in [-0.15, -0.1) is 0 Å². The van der Waals surface area contributed by atoms with Crippen molar-refractivity contribution in [2.24, 2.45) is 0 Å². The summed E-state index contributed by atoms with van der Waals surface area (Å²) in [5.41, 5.74) is 25.8. The van der Waals surface area contributed by atoms with E-state index in [4.69, 9.17) is 24.9 Å². The molecular weight excluding hydrogens is 1230 g/mol. The first-order chi connectivity index (χ1) is 50.1. The van der Waals surface area contributed by atoms with Crippen molar-refractivity contribution in [1.82, 2.24) is 34.1 Å². The second-order valence-corrected chi connectivity index (χ2v) is 25.9. The SMILES string of the molecule is c1ccc(-c2cc(-c3cccc(-c4cc5c6c(c4)N(c4ccccc4)c4ccccc4B6c4ccccc4N5c4ccccc4)c3)nc(-c3cc(-c4nc(-c5ccccc5)nc(-c5ccccc5)n4)ccc3-n3c4ccccc4c4cc5c6ccccc6n(-c6ccccc6)c5cc43)n2)cc1. The minimum atomic E-state index is -0.0154. The Labute approximate surface area is 583 Å². The zero-order valence-electron chi connectivity index (χ0n) is 54.6. The lowest BCUT2D eigenvalue weighted by molar-refractivity contribution is 1.07. The number of hydrogen-bond acceptors (Lipinski definition) is 7. The molecule has 101 heavy (non-hydrogen) atoms. The molecule has 0 bridgehead atoms. The number of hydrogen-bond donors (Lipinski definition) is 0. The molecule has 0 aliphatic carbocycles. The van der Waals surface area contributed by atoms with Crippen LogP contribution < -0.4 is 26.2 Å². The van der Waals surface area contributed by atoms with E-state index >= 15 is 0 Å². The van der Waals surface area contributed by atoms with Crippen LogP contribution in [0, 0.1) is 0 Å². The van der Waals surface area contributed by atoms with Crippen molar-refractivity contribution < 1.29 is 0 Å². The molecule has 0 N–H and O–H groups in total. The van der Waals surface area contributed by atoms with E-state index < -0.39 is 0 Å². The molecule has 2 aliphatic rings. The number of aromatic nitrogens is 7. The molecule has 4 aromatic heterocycles. The molecule has 0 atom stereocenters. The van der Waals surface area contributed by atoms with Gasteiger partial charge in [-0.1, -0.05) is 237 Å².